The highest BCUT2D eigenvalue weighted by Gasteiger charge is 2.11. The predicted octanol–water partition coefficient (Wildman–Crippen LogP) is 8.69. The summed E-state index contributed by atoms with van der Waals surface area (Å²) in [5.41, 5.74) is 4.51. The number of hydrogen-bond donors (Lipinski definition) is 4. The number of amides is 2. The maximum absolute atomic E-state index is 11.0. The van der Waals surface area contributed by atoms with Crippen molar-refractivity contribution >= 4 is 39.9 Å². The summed E-state index contributed by atoms with van der Waals surface area (Å²) in [6.07, 6.45) is 7.02. The molecule has 7 nitrogen and oxygen atoms in total. The van der Waals surface area contributed by atoms with Gasteiger partial charge in [0.25, 0.3) is 0 Å². The molecular formula is C33H30N2O5. The quantitative estimate of drug-likeness (QED) is 0.169. The minimum atomic E-state index is -1.10. The number of carboxylic acid groups (broad SMARTS) is 2. The van der Waals surface area contributed by atoms with Crippen molar-refractivity contribution in [3.05, 3.63) is 134 Å². The number of methoxy groups -OCH3 is 1. The molecule has 4 aromatic carbocycles. The Morgan fingerprint density at radius 2 is 1.32 bits per heavy atom. The highest BCUT2D eigenvalue weighted by Crippen LogP contribution is 2.34. The number of allylic oxidation sites excluding steroid dienone is 6. The Bertz CT molecular complexity index is 1590. The van der Waals surface area contributed by atoms with Gasteiger partial charge >= 0.3 is 12.2 Å². The first-order valence-corrected chi connectivity index (χ1v) is 12.2. The van der Waals surface area contributed by atoms with Crippen molar-refractivity contribution in [3.8, 4) is 16.9 Å². The van der Waals surface area contributed by atoms with Crippen molar-refractivity contribution < 1.29 is 24.5 Å². The molecule has 0 aromatic heterocycles. The van der Waals surface area contributed by atoms with Crippen LogP contribution in [0.4, 0.5) is 21.0 Å². The highest BCUT2D eigenvalue weighted by molar-refractivity contribution is 5.95. The third kappa shape index (κ3) is 7.97. The fourth-order valence-corrected chi connectivity index (χ4v) is 3.95. The summed E-state index contributed by atoms with van der Waals surface area (Å²) in [7, 11) is 1.51. The molecule has 0 aliphatic rings. The SMILES string of the molecule is C=C/C=C/C=C/C(=C)c1ccccc1-c1ccccc1NC(=O)O.COc1cc2ccccc2cc1NC(=O)O. The number of para-hydroxylation sites is 1. The van der Waals surface area contributed by atoms with Crippen molar-refractivity contribution in [2.45, 2.75) is 0 Å². The molecule has 4 rings (SSSR count). The first-order valence-electron chi connectivity index (χ1n) is 12.2. The molecule has 0 radical (unpaired) electrons. The Morgan fingerprint density at radius 1 is 0.750 bits per heavy atom. The largest absolute Gasteiger partial charge is 0.495 e. The molecule has 0 aliphatic carbocycles. The number of anilines is 2. The van der Waals surface area contributed by atoms with Gasteiger partial charge in [0, 0.05) is 5.56 Å². The molecule has 0 saturated carbocycles. The van der Waals surface area contributed by atoms with E-state index >= 15 is 0 Å². The van der Waals surface area contributed by atoms with Gasteiger partial charge in [-0.05, 0) is 45.7 Å². The van der Waals surface area contributed by atoms with Crippen molar-refractivity contribution in [1.29, 1.82) is 0 Å². The van der Waals surface area contributed by atoms with Gasteiger partial charge in [0.05, 0.1) is 18.5 Å². The monoisotopic (exact) mass is 534 g/mol. The molecule has 0 spiro atoms. The Labute approximate surface area is 233 Å². The number of nitrogens with one attached hydrogen (secondary N) is 2. The van der Waals surface area contributed by atoms with Crippen LogP contribution in [-0.2, 0) is 0 Å². The lowest BCUT2D eigenvalue weighted by Crippen LogP contribution is -2.08. The van der Waals surface area contributed by atoms with Crippen LogP contribution in [0.25, 0.3) is 27.5 Å². The lowest BCUT2D eigenvalue weighted by molar-refractivity contribution is 0.208. The van der Waals surface area contributed by atoms with Crippen LogP contribution in [0.1, 0.15) is 5.56 Å². The maximum atomic E-state index is 11.0. The second kappa shape index (κ2) is 14.4. The third-order valence-corrected chi connectivity index (χ3v) is 5.70. The number of fused-ring (bicyclic) bond motifs is 1. The number of ether oxygens (including phenoxy) is 1. The average molecular weight is 535 g/mol. The Kier molecular flexibility index (Phi) is 10.4. The van der Waals surface area contributed by atoms with Gasteiger partial charge in [-0.15, -0.1) is 0 Å². The molecule has 4 aromatic rings. The van der Waals surface area contributed by atoms with Gasteiger partial charge in [0.2, 0.25) is 0 Å². The van der Waals surface area contributed by atoms with Crippen molar-refractivity contribution in [3.63, 3.8) is 0 Å². The van der Waals surface area contributed by atoms with Crippen molar-refractivity contribution in [2.75, 3.05) is 17.7 Å². The van der Waals surface area contributed by atoms with E-state index in [-0.39, 0.29) is 0 Å². The van der Waals surface area contributed by atoms with Crippen molar-refractivity contribution in [2.24, 2.45) is 0 Å². The van der Waals surface area contributed by atoms with Gasteiger partial charge in [-0.25, -0.2) is 9.59 Å². The molecule has 202 valence electrons. The lowest BCUT2D eigenvalue weighted by atomic mass is 9.94. The van der Waals surface area contributed by atoms with Gasteiger partial charge in [0.1, 0.15) is 5.75 Å². The molecule has 0 fully saturated rings. The molecule has 0 unspecified atom stereocenters. The average Bonchev–Trinajstić information content (AvgIpc) is 2.95. The van der Waals surface area contributed by atoms with Gasteiger partial charge in [-0.3, -0.25) is 10.6 Å². The van der Waals surface area contributed by atoms with E-state index in [1.807, 2.05) is 85.0 Å². The zero-order chi connectivity index (χ0) is 28.9. The Hall–Kier alpha value is -5.56. The smallest absolute Gasteiger partial charge is 0.409 e. The first kappa shape index (κ1) is 29.0. The molecule has 7 heteroatoms. The molecule has 0 aliphatic heterocycles. The molecule has 40 heavy (non-hydrogen) atoms. The van der Waals surface area contributed by atoms with E-state index in [1.54, 1.807) is 30.3 Å². The summed E-state index contributed by atoms with van der Waals surface area (Å²) in [4.78, 5) is 21.6. The molecule has 2 amide bonds. The first-order chi connectivity index (χ1) is 19.3. The van der Waals surface area contributed by atoms with Crippen LogP contribution in [0, 0.1) is 0 Å². The minimum Gasteiger partial charge on any atom is -0.495 e. The van der Waals surface area contributed by atoms with Crippen molar-refractivity contribution in [1.82, 2.24) is 0 Å². The van der Waals surface area contributed by atoms with E-state index in [4.69, 9.17) is 14.9 Å². The van der Waals surface area contributed by atoms with E-state index in [9.17, 15) is 9.59 Å². The molecule has 0 atom stereocenters. The van der Waals surface area contributed by atoms with Crippen LogP contribution < -0.4 is 15.4 Å². The van der Waals surface area contributed by atoms with Crippen LogP contribution in [0.3, 0.4) is 0 Å². The molecular weight excluding hydrogens is 504 g/mol. The van der Waals surface area contributed by atoms with E-state index in [2.05, 4.69) is 23.8 Å². The summed E-state index contributed by atoms with van der Waals surface area (Å²) in [5.74, 6) is 0.515. The van der Waals surface area contributed by atoms with Gasteiger partial charge in [-0.1, -0.05) is 110 Å². The third-order valence-electron chi connectivity index (χ3n) is 5.70. The number of rotatable bonds is 8. The Morgan fingerprint density at radius 3 is 1.98 bits per heavy atom. The fraction of sp³-hybridized carbons (Fsp3) is 0.0303. The standard InChI is InChI=1S/C21H19NO2.C12H11NO3/c1-3-4-5-6-11-16(2)17-12-7-8-13-18(17)19-14-9-10-15-20(19)22-21(23)24;1-16-11-7-9-5-3-2-4-8(9)6-10(11)13-12(14)15/h3-15,22H,1-2H2,(H,23,24);2-7,13H,1H3,(H,14,15)/b5-4+,11-6+;. The number of hydrogen-bond acceptors (Lipinski definition) is 3. The minimum absolute atomic E-state index is 0.453. The van der Waals surface area contributed by atoms with Crippen LogP contribution in [-0.4, -0.2) is 29.5 Å². The zero-order valence-electron chi connectivity index (χ0n) is 22.0. The summed E-state index contributed by atoms with van der Waals surface area (Å²) in [6, 6.07) is 26.3. The second-order valence-corrected chi connectivity index (χ2v) is 8.36. The highest BCUT2D eigenvalue weighted by atomic mass is 16.5. The van der Waals surface area contributed by atoms with E-state index in [0.717, 1.165) is 33.0 Å². The summed E-state index contributed by atoms with van der Waals surface area (Å²) >= 11 is 0. The van der Waals surface area contributed by atoms with Gasteiger partial charge < -0.3 is 14.9 Å². The van der Waals surface area contributed by atoms with E-state index in [1.165, 1.54) is 7.11 Å². The normalized spacial score (nSPS) is 10.5. The van der Waals surface area contributed by atoms with E-state index in [0.29, 0.717) is 17.1 Å². The topological polar surface area (TPSA) is 108 Å². The van der Waals surface area contributed by atoms with Gasteiger partial charge in [0.15, 0.2) is 0 Å². The number of benzene rings is 4. The lowest BCUT2D eigenvalue weighted by Gasteiger charge is -2.13. The van der Waals surface area contributed by atoms with Crippen LogP contribution in [0.5, 0.6) is 5.75 Å². The van der Waals surface area contributed by atoms with E-state index < -0.39 is 12.2 Å². The summed E-state index contributed by atoms with van der Waals surface area (Å²) < 4.78 is 5.13. The summed E-state index contributed by atoms with van der Waals surface area (Å²) in [6.45, 7) is 7.74. The number of carbonyl (C=O) groups is 2. The maximum Gasteiger partial charge on any atom is 0.409 e. The van der Waals surface area contributed by atoms with Crippen LogP contribution in [0.2, 0.25) is 0 Å². The Balaban J connectivity index is 0.000000238. The molecule has 0 heterocycles. The molecule has 0 bridgehead atoms. The van der Waals surface area contributed by atoms with Crippen LogP contribution >= 0.6 is 0 Å². The van der Waals surface area contributed by atoms with Gasteiger partial charge in [-0.2, -0.15) is 0 Å². The summed E-state index contributed by atoms with van der Waals surface area (Å²) in [5, 5.41) is 24.4. The predicted molar refractivity (Wildman–Crippen MR) is 163 cm³/mol. The van der Waals surface area contributed by atoms with Crippen LogP contribution in [0.15, 0.2) is 128 Å². The second-order valence-electron chi connectivity index (χ2n) is 8.36. The molecule has 0 saturated heterocycles. The zero-order valence-corrected chi connectivity index (χ0v) is 22.0. The fourth-order valence-electron chi connectivity index (χ4n) is 3.95. The molecule has 4 N–H and O–H groups in total.